The first kappa shape index (κ1) is 15.1. The van der Waals surface area contributed by atoms with E-state index in [0.717, 1.165) is 36.8 Å². The zero-order valence-electron chi connectivity index (χ0n) is 13.5. The van der Waals surface area contributed by atoms with E-state index in [0.29, 0.717) is 23.9 Å². The van der Waals surface area contributed by atoms with Crippen LogP contribution in [-0.4, -0.2) is 20.8 Å². The van der Waals surface area contributed by atoms with Crippen LogP contribution in [0.15, 0.2) is 40.8 Å². The standard InChI is InChI=1S/C18H19FN4O/c1-12-21-18-9-6-13(11-23(18)22-12)20-10-14-7-8-17(24-14)15-4-2-3-5-16(15)19/h2-5,7-8,13,20H,6,9-11H2,1H3. The van der Waals surface area contributed by atoms with Crippen molar-refractivity contribution in [2.75, 3.05) is 0 Å². The van der Waals surface area contributed by atoms with Crippen molar-refractivity contribution in [1.82, 2.24) is 20.1 Å². The van der Waals surface area contributed by atoms with Gasteiger partial charge in [0.05, 0.1) is 18.7 Å². The number of nitrogens with zero attached hydrogens (tertiary/aromatic N) is 3. The Hall–Kier alpha value is -2.47. The first-order valence-corrected chi connectivity index (χ1v) is 8.16. The Bertz CT molecular complexity index is 854. The van der Waals surface area contributed by atoms with Gasteiger partial charge in [-0.1, -0.05) is 12.1 Å². The van der Waals surface area contributed by atoms with Crippen molar-refractivity contribution in [3.05, 3.63) is 59.6 Å². The van der Waals surface area contributed by atoms with E-state index in [9.17, 15) is 4.39 Å². The van der Waals surface area contributed by atoms with E-state index in [1.165, 1.54) is 6.07 Å². The van der Waals surface area contributed by atoms with Crippen molar-refractivity contribution < 1.29 is 8.81 Å². The van der Waals surface area contributed by atoms with Gasteiger partial charge in [-0.15, -0.1) is 0 Å². The number of aryl methyl sites for hydroxylation is 2. The maximum Gasteiger partial charge on any atom is 0.147 e. The van der Waals surface area contributed by atoms with E-state index in [2.05, 4.69) is 15.4 Å². The molecule has 3 aromatic rings. The Labute approximate surface area is 139 Å². The lowest BCUT2D eigenvalue weighted by atomic mass is 10.1. The molecule has 4 rings (SSSR count). The summed E-state index contributed by atoms with van der Waals surface area (Å²) in [4.78, 5) is 4.42. The number of nitrogens with one attached hydrogen (secondary N) is 1. The minimum absolute atomic E-state index is 0.271. The van der Waals surface area contributed by atoms with Crippen LogP contribution in [0.25, 0.3) is 11.3 Å². The first-order chi connectivity index (χ1) is 11.7. The molecule has 6 heteroatoms. The Morgan fingerprint density at radius 2 is 2.17 bits per heavy atom. The molecule has 24 heavy (non-hydrogen) atoms. The second kappa shape index (κ2) is 6.20. The van der Waals surface area contributed by atoms with Gasteiger partial charge in [-0.2, -0.15) is 5.10 Å². The van der Waals surface area contributed by atoms with Gasteiger partial charge in [-0.05, 0) is 37.6 Å². The molecule has 0 aliphatic carbocycles. The Balaban J connectivity index is 1.40. The van der Waals surface area contributed by atoms with Crippen LogP contribution in [0.5, 0.6) is 0 Å². The van der Waals surface area contributed by atoms with Crippen molar-refractivity contribution in [1.29, 1.82) is 0 Å². The summed E-state index contributed by atoms with van der Waals surface area (Å²) in [5, 5.41) is 7.90. The van der Waals surface area contributed by atoms with Gasteiger partial charge in [-0.3, -0.25) is 0 Å². The first-order valence-electron chi connectivity index (χ1n) is 8.16. The summed E-state index contributed by atoms with van der Waals surface area (Å²) in [5.74, 6) is 2.97. The molecule has 0 saturated heterocycles. The number of furan rings is 1. The van der Waals surface area contributed by atoms with E-state index < -0.39 is 0 Å². The van der Waals surface area contributed by atoms with Gasteiger partial charge in [0.25, 0.3) is 0 Å². The number of hydrogen-bond acceptors (Lipinski definition) is 4. The van der Waals surface area contributed by atoms with E-state index in [1.54, 1.807) is 18.2 Å². The van der Waals surface area contributed by atoms with Crippen molar-refractivity contribution >= 4 is 0 Å². The van der Waals surface area contributed by atoms with Crippen molar-refractivity contribution in [2.45, 2.75) is 38.9 Å². The second-order valence-corrected chi connectivity index (χ2v) is 6.12. The lowest BCUT2D eigenvalue weighted by molar-refractivity contribution is 0.345. The fourth-order valence-electron chi connectivity index (χ4n) is 3.12. The van der Waals surface area contributed by atoms with E-state index in [-0.39, 0.29) is 5.82 Å². The topological polar surface area (TPSA) is 55.9 Å². The third kappa shape index (κ3) is 2.97. The van der Waals surface area contributed by atoms with Crippen LogP contribution in [0.1, 0.15) is 23.8 Å². The van der Waals surface area contributed by atoms with Crippen molar-refractivity contribution in [3.63, 3.8) is 0 Å². The minimum atomic E-state index is -0.271. The molecule has 1 unspecified atom stereocenters. The molecule has 1 atom stereocenters. The van der Waals surface area contributed by atoms with Crippen LogP contribution in [0.4, 0.5) is 4.39 Å². The van der Waals surface area contributed by atoms with Gasteiger partial charge in [-0.25, -0.2) is 14.1 Å². The van der Waals surface area contributed by atoms with Crippen molar-refractivity contribution in [3.8, 4) is 11.3 Å². The van der Waals surface area contributed by atoms with E-state index >= 15 is 0 Å². The molecule has 5 nitrogen and oxygen atoms in total. The maximum absolute atomic E-state index is 13.8. The summed E-state index contributed by atoms with van der Waals surface area (Å²) < 4.78 is 21.6. The fourth-order valence-corrected chi connectivity index (χ4v) is 3.12. The quantitative estimate of drug-likeness (QED) is 0.800. The van der Waals surface area contributed by atoms with E-state index in [4.69, 9.17) is 4.42 Å². The average Bonchev–Trinajstić information content (AvgIpc) is 3.18. The predicted octanol–water partition coefficient (Wildman–Crippen LogP) is 3.09. The predicted molar refractivity (Wildman–Crippen MR) is 87.8 cm³/mol. The summed E-state index contributed by atoms with van der Waals surface area (Å²) in [6.07, 6.45) is 1.95. The SMILES string of the molecule is Cc1nc2n(n1)CC(NCc1ccc(-c3ccccc3F)o1)CC2. The van der Waals surface area contributed by atoms with Gasteiger partial charge < -0.3 is 9.73 Å². The lowest BCUT2D eigenvalue weighted by Crippen LogP contribution is -2.37. The summed E-state index contributed by atoms with van der Waals surface area (Å²) in [5.41, 5.74) is 0.490. The molecule has 0 radical (unpaired) electrons. The number of benzene rings is 1. The third-order valence-corrected chi connectivity index (χ3v) is 4.33. The highest BCUT2D eigenvalue weighted by molar-refractivity contribution is 5.58. The molecule has 2 aromatic heterocycles. The molecule has 0 saturated carbocycles. The molecular weight excluding hydrogens is 307 g/mol. The fraction of sp³-hybridized carbons (Fsp3) is 0.333. The second-order valence-electron chi connectivity index (χ2n) is 6.12. The third-order valence-electron chi connectivity index (χ3n) is 4.33. The van der Waals surface area contributed by atoms with Crippen LogP contribution < -0.4 is 5.32 Å². The number of halogens is 1. The number of aromatic nitrogens is 3. The number of rotatable bonds is 4. The smallest absolute Gasteiger partial charge is 0.147 e. The molecule has 0 spiro atoms. The van der Waals surface area contributed by atoms with Gasteiger partial charge >= 0.3 is 0 Å². The largest absolute Gasteiger partial charge is 0.460 e. The molecular formula is C18H19FN4O. The molecule has 1 aliphatic rings. The highest BCUT2D eigenvalue weighted by atomic mass is 19.1. The van der Waals surface area contributed by atoms with Crippen molar-refractivity contribution in [2.24, 2.45) is 0 Å². The highest BCUT2D eigenvalue weighted by Crippen LogP contribution is 2.25. The minimum Gasteiger partial charge on any atom is -0.460 e. The zero-order chi connectivity index (χ0) is 16.5. The monoisotopic (exact) mass is 326 g/mol. The summed E-state index contributed by atoms with van der Waals surface area (Å²) in [6, 6.07) is 10.7. The summed E-state index contributed by atoms with van der Waals surface area (Å²) in [7, 11) is 0. The zero-order valence-corrected chi connectivity index (χ0v) is 13.5. The molecule has 124 valence electrons. The van der Waals surface area contributed by atoms with Crippen LogP contribution in [0, 0.1) is 12.7 Å². The summed E-state index contributed by atoms with van der Waals surface area (Å²) >= 11 is 0. The molecule has 1 N–H and O–H groups in total. The van der Waals surface area contributed by atoms with Gasteiger partial charge in [0.15, 0.2) is 0 Å². The van der Waals surface area contributed by atoms with Crippen LogP contribution in [0.2, 0.25) is 0 Å². The Morgan fingerprint density at radius 1 is 1.29 bits per heavy atom. The van der Waals surface area contributed by atoms with Crippen LogP contribution >= 0.6 is 0 Å². The van der Waals surface area contributed by atoms with Gasteiger partial charge in [0.1, 0.15) is 29.0 Å². The van der Waals surface area contributed by atoms with Gasteiger partial charge in [0.2, 0.25) is 0 Å². The average molecular weight is 326 g/mol. The van der Waals surface area contributed by atoms with Gasteiger partial charge in [0, 0.05) is 12.5 Å². The van der Waals surface area contributed by atoms with Crippen LogP contribution in [0.3, 0.4) is 0 Å². The Kier molecular flexibility index (Phi) is 3.90. The molecule has 0 amide bonds. The lowest BCUT2D eigenvalue weighted by Gasteiger charge is -2.23. The maximum atomic E-state index is 13.8. The molecule has 0 bridgehead atoms. The van der Waals surface area contributed by atoms with Crippen LogP contribution in [-0.2, 0) is 19.5 Å². The normalized spacial score (nSPS) is 17.0. The number of hydrogen-bond donors (Lipinski definition) is 1. The molecule has 1 aliphatic heterocycles. The molecule has 0 fully saturated rings. The Morgan fingerprint density at radius 3 is 3.04 bits per heavy atom. The molecule has 3 heterocycles. The molecule has 1 aromatic carbocycles. The van der Waals surface area contributed by atoms with E-state index in [1.807, 2.05) is 23.7 Å². The highest BCUT2D eigenvalue weighted by Gasteiger charge is 2.20. The summed E-state index contributed by atoms with van der Waals surface area (Å²) in [6.45, 7) is 3.35. The number of fused-ring (bicyclic) bond motifs is 1.